The molecule has 2 heteroatoms. The van der Waals surface area contributed by atoms with Crippen molar-refractivity contribution >= 4 is 22.7 Å². The first-order valence-corrected chi connectivity index (χ1v) is 5.13. The van der Waals surface area contributed by atoms with Gasteiger partial charge in [-0.3, -0.25) is 0 Å². The number of hydrogen-bond acceptors (Lipinski definition) is 2. The highest BCUT2D eigenvalue weighted by atomic mass is 32.1. The molecule has 52 valence electrons. The largest absolute Gasteiger partial charge is 0.143 e. The van der Waals surface area contributed by atoms with E-state index in [1.165, 1.54) is 20.9 Å². The van der Waals surface area contributed by atoms with Crippen molar-refractivity contribution in [2.75, 3.05) is 0 Å². The average molecular weight is 176 g/mol. The molecule has 2 aromatic rings. The molecule has 2 heterocycles. The van der Waals surface area contributed by atoms with Crippen LogP contribution < -0.4 is 0 Å². The minimum atomic E-state index is 1.27. The maximum Gasteiger partial charge on any atom is 0.0533 e. The van der Waals surface area contributed by atoms with Crippen molar-refractivity contribution in [1.29, 1.82) is 0 Å². The molecule has 11 heavy (non-hydrogen) atoms. The van der Waals surface area contributed by atoms with E-state index in [0.717, 1.165) is 0 Å². The van der Waals surface area contributed by atoms with Crippen LogP contribution in [0.3, 0.4) is 0 Å². The average Bonchev–Trinajstić information content (AvgIpc) is 2.52. The van der Waals surface area contributed by atoms with Gasteiger partial charge in [0.05, 0.1) is 6.42 Å². The van der Waals surface area contributed by atoms with Crippen molar-refractivity contribution in [2.24, 2.45) is 0 Å². The molecule has 0 fully saturated rings. The molecular weight excluding hydrogens is 172 g/mol. The van der Waals surface area contributed by atoms with E-state index in [-0.39, 0.29) is 0 Å². The third-order valence-corrected chi connectivity index (χ3v) is 3.80. The van der Waals surface area contributed by atoms with Gasteiger partial charge in [-0.2, -0.15) is 0 Å². The zero-order valence-corrected chi connectivity index (χ0v) is 7.26. The first kappa shape index (κ1) is 5.98. The second-order valence-corrected chi connectivity index (χ2v) is 4.28. The summed E-state index contributed by atoms with van der Waals surface area (Å²) in [5.74, 6) is 0. The van der Waals surface area contributed by atoms with Gasteiger partial charge in [0, 0.05) is 9.75 Å². The number of hydrogen-bond donors (Lipinski definition) is 0. The van der Waals surface area contributed by atoms with Crippen molar-refractivity contribution in [3.63, 3.8) is 0 Å². The van der Waals surface area contributed by atoms with E-state index in [9.17, 15) is 0 Å². The summed E-state index contributed by atoms with van der Waals surface area (Å²) >= 11 is 3.61. The fourth-order valence-corrected chi connectivity index (χ4v) is 3.21. The van der Waals surface area contributed by atoms with Crippen LogP contribution >= 0.6 is 22.7 Å². The van der Waals surface area contributed by atoms with E-state index < -0.39 is 0 Å². The molecule has 0 atom stereocenters. The van der Waals surface area contributed by atoms with Crippen LogP contribution in [0.15, 0.2) is 22.9 Å². The van der Waals surface area contributed by atoms with E-state index in [1.54, 1.807) is 0 Å². The van der Waals surface area contributed by atoms with Gasteiger partial charge in [0.25, 0.3) is 0 Å². The molecule has 0 unspecified atom stereocenters. The fraction of sp³-hybridized carbons (Fsp3) is 0. The van der Waals surface area contributed by atoms with Gasteiger partial charge in [0.1, 0.15) is 0 Å². The smallest absolute Gasteiger partial charge is 0.0533 e. The zero-order chi connectivity index (χ0) is 7.26. The van der Waals surface area contributed by atoms with Crippen molar-refractivity contribution in [3.8, 4) is 9.75 Å². The molecule has 0 aromatic carbocycles. The van der Waals surface area contributed by atoms with Gasteiger partial charge in [-0.05, 0) is 34.0 Å². The lowest BCUT2D eigenvalue weighted by molar-refractivity contribution is 1.60. The molecule has 3 rings (SSSR count). The summed E-state index contributed by atoms with van der Waals surface area (Å²) in [4.78, 5) is 2.80. The molecular formula is C9H4S2. The predicted molar refractivity (Wildman–Crippen MR) is 49.1 cm³/mol. The Morgan fingerprint density at radius 3 is 2.00 bits per heavy atom. The second-order valence-electron chi connectivity index (χ2n) is 2.45. The van der Waals surface area contributed by atoms with Crippen molar-refractivity contribution < 1.29 is 0 Å². The number of rotatable bonds is 0. The van der Waals surface area contributed by atoms with Gasteiger partial charge in [0.15, 0.2) is 0 Å². The highest BCUT2D eigenvalue weighted by molar-refractivity contribution is 7.21. The molecule has 0 nitrogen and oxygen atoms in total. The SMILES string of the molecule is [C]1c2ccsc2-c2sccc21. The van der Waals surface area contributed by atoms with Gasteiger partial charge >= 0.3 is 0 Å². The number of fused-ring (bicyclic) bond motifs is 3. The lowest BCUT2D eigenvalue weighted by atomic mass is 10.2. The van der Waals surface area contributed by atoms with Crippen LogP contribution in [-0.4, -0.2) is 0 Å². The van der Waals surface area contributed by atoms with E-state index in [4.69, 9.17) is 0 Å². The van der Waals surface area contributed by atoms with Crippen molar-refractivity contribution in [3.05, 3.63) is 40.4 Å². The summed E-state index contributed by atoms with van der Waals surface area (Å²) in [6.07, 6.45) is 3.36. The van der Waals surface area contributed by atoms with Crippen LogP contribution in [0.1, 0.15) is 11.1 Å². The lowest BCUT2D eigenvalue weighted by Gasteiger charge is -1.84. The van der Waals surface area contributed by atoms with Crippen LogP contribution in [0, 0.1) is 6.42 Å². The monoisotopic (exact) mass is 176 g/mol. The molecule has 2 radical (unpaired) electrons. The van der Waals surface area contributed by atoms with Gasteiger partial charge in [-0.15, -0.1) is 22.7 Å². The fourth-order valence-electron chi connectivity index (χ4n) is 1.31. The minimum absolute atomic E-state index is 1.27. The maximum atomic E-state index is 3.36. The standard InChI is InChI=1S/C9H4S2/c1-3-10-8-6(1)5-7-2-4-11-9(7)8/h1-4H. The number of thiophene rings is 2. The van der Waals surface area contributed by atoms with E-state index in [0.29, 0.717) is 0 Å². The van der Waals surface area contributed by atoms with Gasteiger partial charge in [0.2, 0.25) is 0 Å². The molecule has 1 aliphatic rings. The normalized spacial score (nSPS) is 13.1. The third kappa shape index (κ3) is 0.686. The minimum Gasteiger partial charge on any atom is -0.143 e. The molecule has 0 aliphatic heterocycles. The Bertz CT molecular complexity index is 357. The molecule has 0 N–H and O–H groups in total. The third-order valence-electron chi connectivity index (χ3n) is 1.81. The summed E-state index contributed by atoms with van der Waals surface area (Å²) in [5.41, 5.74) is 2.55. The van der Waals surface area contributed by atoms with Crippen LogP contribution in [0.4, 0.5) is 0 Å². The van der Waals surface area contributed by atoms with E-state index >= 15 is 0 Å². The summed E-state index contributed by atoms with van der Waals surface area (Å²) in [7, 11) is 0. The first-order chi connectivity index (χ1) is 5.45. The van der Waals surface area contributed by atoms with Gasteiger partial charge in [-0.1, -0.05) is 0 Å². The molecule has 0 amide bonds. The zero-order valence-electron chi connectivity index (χ0n) is 5.63. The quantitative estimate of drug-likeness (QED) is 0.493. The molecule has 0 bridgehead atoms. The molecule has 0 spiro atoms. The Labute approximate surface area is 73.1 Å². The summed E-state index contributed by atoms with van der Waals surface area (Å²) in [6.45, 7) is 0. The summed E-state index contributed by atoms with van der Waals surface area (Å²) < 4.78 is 0. The van der Waals surface area contributed by atoms with E-state index in [1.807, 2.05) is 22.7 Å². The summed E-state index contributed by atoms with van der Waals surface area (Å²) in [6, 6.07) is 4.26. The van der Waals surface area contributed by atoms with Crippen LogP contribution in [0.25, 0.3) is 9.75 Å². The topological polar surface area (TPSA) is 0 Å². The molecule has 1 aliphatic carbocycles. The molecule has 0 saturated carbocycles. The van der Waals surface area contributed by atoms with Crippen LogP contribution in [0.2, 0.25) is 0 Å². The van der Waals surface area contributed by atoms with E-state index in [2.05, 4.69) is 29.3 Å². The highest BCUT2D eigenvalue weighted by Crippen LogP contribution is 2.44. The Hall–Kier alpha value is -0.600. The first-order valence-electron chi connectivity index (χ1n) is 3.37. The Morgan fingerprint density at radius 2 is 1.45 bits per heavy atom. The van der Waals surface area contributed by atoms with Crippen LogP contribution in [0.5, 0.6) is 0 Å². The van der Waals surface area contributed by atoms with Gasteiger partial charge < -0.3 is 0 Å². The van der Waals surface area contributed by atoms with Crippen LogP contribution in [-0.2, 0) is 0 Å². The molecule has 2 aromatic heterocycles. The van der Waals surface area contributed by atoms with Crippen molar-refractivity contribution in [2.45, 2.75) is 0 Å². The Morgan fingerprint density at radius 1 is 0.909 bits per heavy atom. The Kier molecular flexibility index (Phi) is 1.06. The summed E-state index contributed by atoms with van der Waals surface area (Å²) in [5, 5.41) is 4.25. The van der Waals surface area contributed by atoms with Crippen molar-refractivity contribution in [1.82, 2.24) is 0 Å². The van der Waals surface area contributed by atoms with Gasteiger partial charge in [-0.25, -0.2) is 0 Å². The lowest BCUT2D eigenvalue weighted by Crippen LogP contribution is -1.68. The highest BCUT2D eigenvalue weighted by Gasteiger charge is 2.20. The second kappa shape index (κ2) is 1.96. The Balaban J connectivity index is 2.38. The predicted octanol–water partition coefficient (Wildman–Crippen LogP) is 3.27. The molecule has 0 saturated heterocycles. The maximum absolute atomic E-state index is 3.36.